The molecule has 0 bridgehead atoms. The Morgan fingerprint density at radius 3 is 2.14 bits per heavy atom. The van der Waals surface area contributed by atoms with Crippen LogP contribution in [-0.4, -0.2) is 45.8 Å². The lowest BCUT2D eigenvalue weighted by Gasteiger charge is -2.17. The van der Waals surface area contributed by atoms with Gasteiger partial charge in [0.25, 0.3) is 17.1 Å². The average molecular weight is 482 g/mol. The number of nitro groups is 3. The van der Waals surface area contributed by atoms with Crippen LogP contribution in [0.15, 0.2) is 30.0 Å². The minimum Gasteiger partial charge on any atom is -0.462 e. The Morgan fingerprint density at radius 2 is 1.60 bits per heavy atom. The molecule has 4 rings (SSSR count). The molecule has 0 saturated carbocycles. The molecule has 12 heteroatoms. The Hall–Kier alpha value is -4.35. The van der Waals surface area contributed by atoms with E-state index in [-0.39, 0.29) is 40.1 Å². The number of hydrogen-bond acceptors (Lipinski definition) is 9. The molecular formula is C23H22N4O8. The summed E-state index contributed by atoms with van der Waals surface area (Å²) in [5.74, 6) is -0.844. The second-order valence-corrected chi connectivity index (χ2v) is 8.41. The number of nitro benzene ring substituents is 3. The molecule has 2 aliphatic rings. The van der Waals surface area contributed by atoms with Crippen molar-refractivity contribution in [1.82, 2.24) is 4.90 Å². The zero-order chi connectivity index (χ0) is 25.4. The number of fused-ring (bicyclic) bond motifs is 3. The molecule has 1 aliphatic heterocycles. The minimum absolute atomic E-state index is 0.0238. The molecule has 0 radical (unpaired) electrons. The van der Waals surface area contributed by atoms with Gasteiger partial charge in [-0.3, -0.25) is 30.3 Å². The van der Waals surface area contributed by atoms with Crippen LogP contribution in [0.2, 0.25) is 0 Å². The van der Waals surface area contributed by atoms with Crippen LogP contribution in [0, 0.1) is 30.3 Å². The maximum absolute atomic E-state index is 13.1. The van der Waals surface area contributed by atoms with Crippen molar-refractivity contribution >= 4 is 28.6 Å². The highest BCUT2D eigenvalue weighted by Crippen LogP contribution is 2.54. The Bertz CT molecular complexity index is 1320. The zero-order valence-corrected chi connectivity index (χ0v) is 19.1. The monoisotopic (exact) mass is 482 g/mol. The number of hydrogen-bond donors (Lipinski definition) is 0. The van der Waals surface area contributed by atoms with Crippen LogP contribution in [-0.2, 0) is 4.74 Å². The largest absolute Gasteiger partial charge is 0.462 e. The van der Waals surface area contributed by atoms with Crippen LogP contribution >= 0.6 is 0 Å². The first-order valence-electron chi connectivity index (χ1n) is 11.1. The summed E-state index contributed by atoms with van der Waals surface area (Å²) >= 11 is 0. The van der Waals surface area contributed by atoms with Crippen molar-refractivity contribution < 1.29 is 24.3 Å². The van der Waals surface area contributed by atoms with Crippen molar-refractivity contribution in [2.24, 2.45) is 0 Å². The average Bonchev–Trinajstić information content (AvgIpc) is 3.37. The van der Waals surface area contributed by atoms with Crippen molar-refractivity contribution in [1.29, 1.82) is 0 Å². The molecule has 0 atom stereocenters. The highest BCUT2D eigenvalue weighted by atomic mass is 16.6. The highest BCUT2D eigenvalue weighted by Gasteiger charge is 2.40. The summed E-state index contributed by atoms with van der Waals surface area (Å²) in [6.45, 7) is 2.67. The number of ether oxygens (including phenoxy) is 1. The Labute approximate surface area is 199 Å². The van der Waals surface area contributed by atoms with Gasteiger partial charge in [0.15, 0.2) is 0 Å². The predicted molar refractivity (Wildman–Crippen MR) is 125 cm³/mol. The van der Waals surface area contributed by atoms with Crippen LogP contribution in [0.5, 0.6) is 0 Å². The summed E-state index contributed by atoms with van der Waals surface area (Å²) in [4.78, 5) is 48.2. The molecule has 12 nitrogen and oxygen atoms in total. The van der Waals surface area contributed by atoms with E-state index in [2.05, 4.69) is 0 Å². The molecule has 0 unspecified atom stereocenters. The van der Waals surface area contributed by atoms with Gasteiger partial charge in [-0.2, -0.15) is 0 Å². The molecule has 182 valence electrons. The van der Waals surface area contributed by atoms with Gasteiger partial charge in [-0.1, -0.05) is 13.3 Å². The van der Waals surface area contributed by atoms with Gasteiger partial charge in [-0.05, 0) is 24.8 Å². The third-order valence-electron chi connectivity index (χ3n) is 6.24. The lowest BCUT2D eigenvalue weighted by Crippen LogP contribution is -2.12. The van der Waals surface area contributed by atoms with E-state index >= 15 is 0 Å². The smallest absolute Gasteiger partial charge is 0.339 e. The number of rotatable bonds is 7. The van der Waals surface area contributed by atoms with Crippen molar-refractivity contribution in [2.75, 3.05) is 20.2 Å². The number of allylic oxidation sites excluding steroid dienone is 1. The molecule has 0 N–H and O–H groups in total. The van der Waals surface area contributed by atoms with E-state index in [1.165, 1.54) is 12.1 Å². The zero-order valence-electron chi connectivity index (χ0n) is 19.1. The summed E-state index contributed by atoms with van der Waals surface area (Å²) in [6, 6.07) is 4.40. The number of benzene rings is 2. The lowest BCUT2D eigenvalue weighted by molar-refractivity contribution is -0.393. The second-order valence-electron chi connectivity index (χ2n) is 8.41. The molecule has 2 aromatic carbocycles. The van der Waals surface area contributed by atoms with E-state index < -0.39 is 32.1 Å². The van der Waals surface area contributed by atoms with Crippen LogP contribution < -0.4 is 0 Å². The number of carbonyl (C=O) groups excluding carboxylic acids is 1. The van der Waals surface area contributed by atoms with Crippen molar-refractivity contribution in [3.8, 4) is 11.1 Å². The molecule has 0 aromatic heterocycles. The van der Waals surface area contributed by atoms with Gasteiger partial charge in [-0.15, -0.1) is 0 Å². The number of esters is 1. The second kappa shape index (κ2) is 9.12. The van der Waals surface area contributed by atoms with Gasteiger partial charge in [0.05, 0.1) is 38.6 Å². The van der Waals surface area contributed by atoms with Gasteiger partial charge in [0.1, 0.15) is 0 Å². The normalized spacial score (nSPS) is 16.1. The molecular weight excluding hydrogens is 460 g/mol. The number of nitrogens with zero attached hydrogens (tertiary/aromatic N) is 4. The van der Waals surface area contributed by atoms with Crippen LogP contribution in [0.1, 0.15) is 54.1 Å². The van der Waals surface area contributed by atoms with Gasteiger partial charge < -0.3 is 9.64 Å². The van der Waals surface area contributed by atoms with Gasteiger partial charge in [-0.25, -0.2) is 4.79 Å². The summed E-state index contributed by atoms with van der Waals surface area (Å²) in [5.41, 5.74) is 0.170. The van der Waals surface area contributed by atoms with E-state index in [4.69, 9.17) is 4.74 Å². The van der Waals surface area contributed by atoms with E-state index in [0.717, 1.165) is 30.7 Å². The SMILES string of the molecule is CCCCOC(=O)c1cc([N+](=O)[O-])cc2c1-c1c(cc([N+](=O)[O-])cc1[N+](=O)[O-])/C2=C1\CCCN1C. The van der Waals surface area contributed by atoms with Gasteiger partial charge >= 0.3 is 5.97 Å². The maximum atomic E-state index is 13.1. The maximum Gasteiger partial charge on any atom is 0.339 e. The first kappa shape index (κ1) is 23.8. The quantitative estimate of drug-likeness (QED) is 0.199. The third kappa shape index (κ3) is 4.07. The standard InChI is InChI=1S/C23H22N4O8/c1-3-4-8-35-23(28)17-11-13(25(29)30)9-15-20(18-6-5-7-24(18)2)16-10-14(26(31)32)12-19(27(33)34)22(16)21(15)17/h9-12H,3-8H2,1-2H3/b20-18+. The summed E-state index contributed by atoms with van der Waals surface area (Å²) in [5, 5.41) is 35.4. The molecule has 35 heavy (non-hydrogen) atoms. The Kier molecular flexibility index (Phi) is 6.20. The van der Waals surface area contributed by atoms with Crippen LogP contribution in [0.3, 0.4) is 0 Å². The predicted octanol–water partition coefficient (Wildman–Crippen LogP) is 4.83. The molecule has 0 spiro atoms. The number of carbonyl (C=O) groups is 1. The number of unbranched alkanes of at least 4 members (excludes halogenated alkanes) is 1. The number of likely N-dealkylation sites (tertiary alicyclic amines) is 1. The molecule has 1 saturated heterocycles. The van der Waals surface area contributed by atoms with E-state index in [1.54, 1.807) is 0 Å². The van der Waals surface area contributed by atoms with Crippen LogP contribution in [0.25, 0.3) is 16.7 Å². The first-order valence-corrected chi connectivity index (χ1v) is 11.1. The minimum atomic E-state index is -0.844. The van der Waals surface area contributed by atoms with Gasteiger partial charge in [0.2, 0.25) is 0 Å². The van der Waals surface area contributed by atoms with Crippen molar-refractivity contribution in [3.05, 3.63) is 77.0 Å². The first-order chi connectivity index (χ1) is 16.6. The molecule has 1 fully saturated rings. The van der Waals surface area contributed by atoms with E-state index in [9.17, 15) is 35.1 Å². The lowest BCUT2D eigenvalue weighted by atomic mass is 9.96. The Balaban J connectivity index is 2.12. The Morgan fingerprint density at radius 1 is 0.971 bits per heavy atom. The van der Waals surface area contributed by atoms with Gasteiger partial charge in [0, 0.05) is 54.2 Å². The fraction of sp³-hybridized carbons (Fsp3) is 0.348. The molecule has 1 aliphatic carbocycles. The molecule has 0 amide bonds. The van der Waals surface area contributed by atoms with Crippen molar-refractivity contribution in [2.45, 2.75) is 32.6 Å². The van der Waals surface area contributed by atoms with Crippen LogP contribution in [0.4, 0.5) is 17.1 Å². The third-order valence-corrected chi connectivity index (χ3v) is 6.24. The fourth-order valence-electron chi connectivity index (χ4n) is 4.65. The molecule has 2 aromatic rings. The topological polar surface area (TPSA) is 159 Å². The van der Waals surface area contributed by atoms with E-state index in [0.29, 0.717) is 25.0 Å². The van der Waals surface area contributed by atoms with Crippen molar-refractivity contribution in [3.63, 3.8) is 0 Å². The summed E-state index contributed by atoms with van der Waals surface area (Å²) in [7, 11) is 1.82. The fourth-order valence-corrected chi connectivity index (χ4v) is 4.65. The highest BCUT2D eigenvalue weighted by molar-refractivity contribution is 6.12. The van der Waals surface area contributed by atoms with E-state index in [1.807, 2.05) is 18.9 Å². The summed E-state index contributed by atoms with van der Waals surface area (Å²) in [6.07, 6.45) is 2.67. The molecule has 1 heterocycles. The summed E-state index contributed by atoms with van der Waals surface area (Å²) < 4.78 is 5.32. The number of non-ortho nitro benzene ring substituents is 2.